The van der Waals surface area contributed by atoms with Gasteiger partial charge < -0.3 is 15.2 Å². The highest BCUT2D eigenvalue weighted by atomic mass is 32.2. The van der Waals surface area contributed by atoms with E-state index in [1.54, 1.807) is 23.7 Å². The van der Waals surface area contributed by atoms with Gasteiger partial charge in [-0.1, -0.05) is 0 Å². The van der Waals surface area contributed by atoms with Gasteiger partial charge in [0.15, 0.2) is 5.16 Å². The summed E-state index contributed by atoms with van der Waals surface area (Å²) < 4.78 is 1.67. The van der Waals surface area contributed by atoms with Crippen molar-refractivity contribution in [3.8, 4) is 0 Å². The van der Waals surface area contributed by atoms with Crippen molar-refractivity contribution in [3.05, 3.63) is 40.2 Å². The summed E-state index contributed by atoms with van der Waals surface area (Å²) in [4.78, 5) is 23.7. The van der Waals surface area contributed by atoms with Crippen LogP contribution in [0.3, 0.4) is 0 Å². The van der Waals surface area contributed by atoms with E-state index in [9.17, 15) is 14.9 Å². The fourth-order valence-electron chi connectivity index (χ4n) is 2.59. The van der Waals surface area contributed by atoms with Crippen LogP contribution in [0.2, 0.25) is 0 Å². The number of hydrogen-bond acceptors (Lipinski definition) is 7. The van der Waals surface area contributed by atoms with Crippen LogP contribution >= 0.6 is 11.8 Å². The van der Waals surface area contributed by atoms with Gasteiger partial charge in [0.25, 0.3) is 11.6 Å². The highest BCUT2D eigenvalue weighted by Gasteiger charge is 2.22. The molecule has 2 heterocycles. The monoisotopic (exact) mass is 362 g/mol. The van der Waals surface area contributed by atoms with Gasteiger partial charge in [0.05, 0.1) is 9.82 Å². The van der Waals surface area contributed by atoms with Gasteiger partial charge in [0.1, 0.15) is 6.33 Å². The van der Waals surface area contributed by atoms with Gasteiger partial charge in [-0.25, -0.2) is 0 Å². The predicted octanol–water partition coefficient (Wildman–Crippen LogP) is 1.36. The van der Waals surface area contributed by atoms with E-state index in [4.69, 9.17) is 0 Å². The molecular weight excluding hydrogens is 344 g/mol. The van der Waals surface area contributed by atoms with Crippen molar-refractivity contribution >= 4 is 23.4 Å². The van der Waals surface area contributed by atoms with Crippen LogP contribution in [0.5, 0.6) is 0 Å². The molecular formula is C15H18N6O3S. The van der Waals surface area contributed by atoms with Crippen molar-refractivity contribution in [2.75, 3.05) is 13.1 Å². The maximum atomic E-state index is 12.4. The molecule has 0 aliphatic carbocycles. The summed E-state index contributed by atoms with van der Waals surface area (Å²) in [6.45, 7) is 1.67. The Balaban J connectivity index is 1.79. The molecule has 10 heteroatoms. The Morgan fingerprint density at radius 3 is 3.00 bits per heavy atom. The van der Waals surface area contributed by atoms with Crippen molar-refractivity contribution in [2.24, 2.45) is 7.05 Å². The van der Waals surface area contributed by atoms with E-state index in [1.807, 2.05) is 0 Å². The van der Waals surface area contributed by atoms with Crippen LogP contribution in [0.1, 0.15) is 23.2 Å². The van der Waals surface area contributed by atoms with Gasteiger partial charge in [-0.3, -0.25) is 14.9 Å². The fourth-order valence-corrected chi connectivity index (χ4v) is 3.44. The molecule has 25 heavy (non-hydrogen) atoms. The Morgan fingerprint density at radius 1 is 1.52 bits per heavy atom. The third kappa shape index (κ3) is 4.15. The molecule has 0 spiro atoms. The van der Waals surface area contributed by atoms with Crippen LogP contribution in [0.15, 0.2) is 34.6 Å². The van der Waals surface area contributed by atoms with Crippen molar-refractivity contribution < 1.29 is 9.72 Å². The van der Waals surface area contributed by atoms with Gasteiger partial charge >= 0.3 is 0 Å². The standard InChI is InChI=1S/C15H18N6O3S/c1-20-9-17-19-15(20)25-13-5-4-10(7-12(13)21(23)24)14(22)18-11-3-2-6-16-8-11/h4-5,7,9,11,16H,2-3,6,8H2,1H3,(H,18,22)/t11-/m0/s1. The number of nitro benzene ring substituents is 1. The van der Waals surface area contributed by atoms with Gasteiger partial charge in [-0.05, 0) is 43.3 Å². The number of benzene rings is 1. The molecule has 1 aromatic heterocycles. The Kier molecular flexibility index (Phi) is 5.29. The molecule has 0 unspecified atom stereocenters. The molecule has 0 bridgehead atoms. The van der Waals surface area contributed by atoms with Gasteiger partial charge in [0, 0.05) is 31.3 Å². The minimum Gasteiger partial charge on any atom is -0.348 e. The van der Waals surface area contributed by atoms with E-state index >= 15 is 0 Å². The molecule has 0 saturated carbocycles. The number of carbonyl (C=O) groups is 1. The minimum atomic E-state index is -0.488. The number of nitrogens with zero attached hydrogens (tertiary/aromatic N) is 4. The Labute approximate surface area is 148 Å². The second-order valence-electron chi connectivity index (χ2n) is 5.78. The zero-order valence-corrected chi connectivity index (χ0v) is 14.5. The van der Waals surface area contributed by atoms with Crippen LogP contribution in [0, 0.1) is 10.1 Å². The molecule has 1 aromatic carbocycles. The second-order valence-corrected chi connectivity index (χ2v) is 6.79. The summed E-state index contributed by atoms with van der Waals surface area (Å²) in [7, 11) is 1.76. The largest absolute Gasteiger partial charge is 0.348 e. The molecule has 0 radical (unpaired) electrons. The zero-order chi connectivity index (χ0) is 17.8. The highest BCUT2D eigenvalue weighted by Crippen LogP contribution is 2.34. The van der Waals surface area contributed by atoms with Crippen molar-refractivity contribution in [2.45, 2.75) is 28.9 Å². The topological polar surface area (TPSA) is 115 Å². The van der Waals surface area contributed by atoms with Crippen molar-refractivity contribution in [3.63, 3.8) is 0 Å². The first-order valence-corrected chi connectivity index (χ1v) is 8.68. The third-order valence-electron chi connectivity index (χ3n) is 3.92. The van der Waals surface area contributed by atoms with Crippen molar-refractivity contribution in [1.82, 2.24) is 25.4 Å². The van der Waals surface area contributed by atoms with Crippen LogP contribution < -0.4 is 10.6 Å². The normalized spacial score (nSPS) is 17.2. The van der Waals surface area contributed by atoms with E-state index in [1.165, 1.54) is 12.4 Å². The summed E-state index contributed by atoms with van der Waals surface area (Å²) in [5, 5.41) is 25.7. The van der Waals surface area contributed by atoms with Crippen LogP contribution in [0.25, 0.3) is 0 Å². The summed E-state index contributed by atoms with van der Waals surface area (Å²) in [6, 6.07) is 4.53. The average molecular weight is 362 g/mol. The maximum absolute atomic E-state index is 12.4. The number of piperidine rings is 1. The zero-order valence-electron chi connectivity index (χ0n) is 13.6. The Hall–Kier alpha value is -2.46. The number of aryl methyl sites for hydroxylation is 1. The number of hydrogen-bond donors (Lipinski definition) is 2. The first kappa shape index (κ1) is 17.4. The van der Waals surface area contributed by atoms with E-state index in [-0.39, 0.29) is 23.2 Å². The fraction of sp³-hybridized carbons (Fsp3) is 0.400. The lowest BCUT2D eigenvalue weighted by Crippen LogP contribution is -2.45. The van der Waals surface area contributed by atoms with Gasteiger partial charge in [-0.2, -0.15) is 0 Å². The molecule has 1 saturated heterocycles. The van der Waals surface area contributed by atoms with Crippen molar-refractivity contribution in [1.29, 1.82) is 0 Å². The number of amides is 1. The van der Waals surface area contributed by atoms with Crippen LogP contribution in [-0.4, -0.2) is 44.7 Å². The summed E-state index contributed by atoms with van der Waals surface area (Å²) >= 11 is 1.14. The van der Waals surface area contributed by atoms with E-state index in [0.29, 0.717) is 16.6 Å². The molecule has 1 fully saturated rings. The predicted molar refractivity (Wildman–Crippen MR) is 91.6 cm³/mol. The average Bonchev–Trinajstić information content (AvgIpc) is 3.00. The smallest absolute Gasteiger partial charge is 0.284 e. The number of nitro groups is 1. The summed E-state index contributed by atoms with van der Waals surface area (Å²) in [5.41, 5.74) is 0.155. The maximum Gasteiger partial charge on any atom is 0.284 e. The van der Waals surface area contributed by atoms with E-state index in [0.717, 1.165) is 31.1 Å². The second kappa shape index (κ2) is 7.62. The first-order chi connectivity index (χ1) is 12.0. The summed E-state index contributed by atoms with van der Waals surface area (Å²) in [6.07, 6.45) is 3.42. The summed E-state index contributed by atoms with van der Waals surface area (Å²) in [5.74, 6) is -0.299. The van der Waals surface area contributed by atoms with Crippen LogP contribution in [0.4, 0.5) is 5.69 Å². The van der Waals surface area contributed by atoms with E-state index < -0.39 is 4.92 Å². The minimum absolute atomic E-state index is 0.0491. The lowest BCUT2D eigenvalue weighted by Gasteiger charge is -2.23. The quantitative estimate of drug-likeness (QED) is 0.609. The molecule has 9 nitrogen and oxygen atoms in total. The first-order valence-electron chi connectivity index (χ1n) is 7.86. The molecule has 2 N–H and O–H groups in total. The third-order valence-corrected chi connectivity index (χ3v) is 5.04. The molecule has 1 aliphatic heterocycles. The number of nitrogens with one attached hydrogen (secondary N) is 2. The van der Waals surface area contributed by atoms with Gasteiger partial charge in [-0.15, -0.1) is 10.2 Å². The molecule has 1 amide bonds. The SMILES string of the molecule is Cn1cnnc1Sc1ccc(C(=O)N[C@H]2CCCNC2)cc1[N+](=O)[O-]. The highest BCUT2D eigenvalue weighted by molar-refractivity contribution is 7.99. The molecule has 132 valence electrons. The van der Waals surface area contributed by atoms with E-state index in [2.05, 4.69) is 20.8 Å². The molecule has 3 rings (SSSR count). The lowest BCUT2D eigenvalue weighted by atomic mass is 10.1. The molecule has 1 aliphatic rings. The molecule has 1 atom stereocenters. The number of carbonyl (C=O) groups excluding carboxylic acids is 1. The number of aromatic nitrogens is 3. The Bertz CT molecular complexity index is 787. The van der Waals surface area contributed by atoms with Gasteiger partial charge in [0.2, 0.25) is 0 Å². The lowest BCUT2D eigenvalue weighted by molar-refractivity contribution is -0.387. The Morgan fingerprint density at radius 2 is 2.36 bits per heavy atom. The molecule has 2 aromatic rings. The van der Waals surface area contributed by atoms with Crippen LogP contribution in [-0.2, 0) is 7.05 Å². The number of rotatable bonds is 5.